The normalized spacial score (nSPS) is 19.5. The van der Waals surface area contributed by atoms with Gasteiger partial charge in [-0.3, -0.25) is 4.79 Å². The molecule has 0 saturated carbocycles. The number of hydrogen-bond acceptors (Lipinski definition) is 3. The number of aliphatic hydroxyl groups is 1. The molecule has 1 aromatic carbocycles. The minimum atomic E-state index is -0.581. The Kier molecular flexibility index (Phi) is 3.12. The van der Waals surface area contributed by atoms with E-state index >= 15 is 0 Å². The molecular weight excluding hydrogens is 216 g/mol. The van der Waals surface area contributed by atoms with Gasteiger partial charge in [0.2, 0.25) is 5.91 Å². The third-order valence-corrected chi connectivity index (χ3v) is 2.98. The first-order valence-electron chi connectivity index (χ1n) is 5.67. The van der Waals surface area contributed by atoms with Crippen molar-refractivity contribution in [1.29, 1.82) is 5.26 Å². The molecule has 0 spiro atoms. The van der Waals surface area contributed by atoms with Crippen LogP contribution in [0.3, 0.4) is 0 Å². The van der Waals surface area contributed by atoms with Gasteiger partial charge in [0.15, 0.2) is 0 Å². The van der Waals surface area contributed by atoms with Crippen LogP contribution >= 0.6 is 0 Å². The molecule has 0 aromatic heterocycles. The van der Waals surface area contributed by atoms with Crippen LogP contribution in [0.25, 0.3) is 0 Å². The van der Waals surface area contributed by atoms with E-state index in [9.17, 15) is 9.90 Å². The van der Waals surface area contributed by atoms with Crippen LogP contribution in [0.2, 0.25) is 0 Å². The summed E-state index contributed by atoms with van der Waals surface area (Å²) in [5.74, 6) is -0.0584. The van der Waals surface area contributed by atoms with E-state index in [-0.39, 0.29) is 12.3 Å². The van der Waals surface area contributed by atoms with E-state index in [0.717, 1.165) is 17.7 Å². The molecular formula is C13H14N2O2. The number of anilines is 1. The highest BCUT2D eigenvalue weighted by Gasteiger charge is 2.30. The van der Waals surface area contributed by atoms with E-state index in [1.165, 1.54) is 0 Å². The van der Waals surface area contributed by atoms with E-state index in [4.69, 9.17) is 5.26 Å². The molecule has 2 rings (SSSR count). The average Bonchev–Trinajstić information content (AvgIpc) is 2.67. The van der Waals surface area contributed by atoms with Crippen molar-refractivity contribution in [2.24, 2.45) is 0 Å². The van der Waals surface area contributed by atoms with Crippen molar-refractivity contribution in [3.8, 4) is 6.07 Å². The van der Waals surface area contributed by atoms with Crippen LogP contribution < -0.4 is 4.90 Å². The minimum absolute atomic E-state index is 0.0584. The zero-order valence-electron chi connectivity index (χ0n) is 9.68. The van der Waals surface area contributed by atoms with Crippen LogP contribution in [0.15, 0.2) is 18.2 Å². The largest absolute Gasteiger partial charge is 0.391 e. The molecule has 0 radical (unpaired) electrons. The Morgan fingerprint density at radius 2 is 2.35 bits per heavy atom. The van der Waals surface area contributed by atoms with Crippen LogP contribution in [0, 0.1) is 11.3 Å². The summed E-state index contributed by atoms with van der Waals surface area (Å²) < 4.78 is 0. The number of carbonyl (C=O) groups excluding carboxylic acids is 1. The standard InChI is InChI=1S/C13H14N2O2/c1-2-10-5-9(7-14)3-4-12(10)15-8-11(16)6-13(15)17/h3-5,11,16H,2,6,8H2,1H3. The van der Waals surface area contributed by atoms with Gasteiger partial charge in [-0.1, -0.05) is 6.92 Å². The smallest absolute Gasteiger partial charge is 0.229 e. The third kappa shape index (κ3) is 2.15. The zero-order chi connectivity index (χ0) is 12.4. The van der Waals surface area contributed by atoms with E-state index in [1.54, 1.807) is 23.1 Å². The summed E-state index contributed by atoms with van der Waals surface area (Å²) in [4.78, 5) is 13.3. The molecule has 17 heavy (non-hydrogen) atoms. The maximum absolute atomic E-state index is 11.7. The van der Waals surface area contributed by atoms with E-state index in [2.05, 4.69) is 6.07 Å². The maximum atomic E-state index is 11.7. The summed E-state index contributed by atoms with van der Waals surface area (Å²) in [6, 6.07) is 7.37. The highest BCUT2D eigenvalue weighted by molar-refractivity contribution is 5.96. The van der Waals surface area contributed by atoms with Gasteiger partial charge in [0.25, 0.3) is 0 Å². The summed E-state index contributed by atoms with van der Waals surface area (Å²) in [7, 11) is 0. The maximum Gasteiger partial charge on any atom is 0.229 e. The van der Waals surface area contributed by atoms with Crippen LogP contribution in [0.4, 0.5) is 5.69 Å². The van der Waals surface area contributed by atoms with Gasteiger partial charge in [-0.05, 0) is 30.2 Å². The Bertz CT molecular complexity index is 491. The number of carbonyl (C=O) groups is 1. The number of aliphatic hydroxyl groups excluding tert-OH is 1. The van der Waals surface area contributed by atoms with E-state index < -0.39 is 6.10 Å². The first kappa shape index (κ1) is 11.6. The molecule has 1 aliphatic rings. The summed E-state index contributed by atoms with van der Waals surface area (Å²) in [5, 5.41) is 18.3. The van der Waals surface area contributed by atoms with Gasteiger partial charge in [0.05, 0.1) is 30.7 Å². The third-order valence-electron chi connectivity index (χ3n) is 2.98. The van der Waals surface area contributed by atoms with Gasteiger partial charge in [0.1, 0.15) is 0 Å². The molecule has 4 heteroatoms. The van der Waals surface area contributed by atoms with Crippen molar-refractivity contribution in [2.75, 3.05) is 11.4 Å². The Morgan fingerprint density at radius 1 is 1.59 bits per heavy atom. The monoisotopic (exact) mass is 230 g/mol. The molecule has 1 fully saturated rings. The molecule has 1 heterocycles. The van der Waals surface area contributed by atoms with Gasteiger partial charge in [-0.2, -0.15) is 5.26 Å². The van der Waals surface area contributed by atoms with Crippen molar-refractivity contribution in [2.45, 2.75) is 25.9 Å². The highest BCUT2D eigenvalue weighted by Crippen LogP contribution is 2.26. The van der Waals surface area contributed by atoms with Gasteiger partial charge in [-0.15, -0.1) is 0 Å². The lowest BCUT2D eigenvalue weighted by Gasteiger charge is -2.19. The first-order valence-corrected chi connectivity index (χ1v) is 5.67. The number of nitrogens with zero attached hydrogens (tertiary/aromatic N) is 2. The lowest BCUT2D eigenvalue weighted by molar-refractivity contribution is -0.117. The number of amides is 1. The van der Waals surface area contributed by atoms with E-state index in [1.807, 2.05) is 6.92 Å². The van der Waals surface area contributed by atoms with Crippen LogP contribution in [0.5, 0.6) is 0 Å². The van der Waals surface area contributed by atoms with Gasteiger partial charge < -0.3 is 10.0 Å². The van der Waals surface area contributed by atoms with Gasteiger partial charge >= 0.3 is 0 Å². The quantitative estimate of drug-likeness (QED) is 0.830. The summed E-state index contributed by atoms with van der Waals surface area (Å²) in [6.07, 6.45) is 0.358. The van der Waals surface area contributed by atoms with Crippen LogP contribution in [-0.2, 0) is 11.2 Å². The predicted molar refractivity (Wildman–Crippen MR) is 63.5 cm³/mol. The molecule has 88 valence electrons. The van der Waals surface area contributed by atoms with Crippen molar-refractivity contribution < 1.29 is 9.90 Å². The fraction of sp³-hybridized carbons (Fsp3) is 0.385. The lowest BCUT2D eigenvalue weighted by atomic mass is 10.1. The number of nitriles is 1. The van der Waals surface area contributed by atoms with Gasteiger partial charge in [-0.25, -0.2) is 0 Å². The molecule has 4 nitrogen and oxygen atoms in total. The summed E-state index contributed by atoms with van der Waals surface area (Å²) in [5.41, 5.74) is 2.37. The molecule has 1 atom stereocenters. The van der Waals surface area contributed by atoms with Crippen LogP contribution in [0.1, 0.15) is 24.5 Å². The molecule has 0 aliphatic carbocycles. The fourth-order valence-corrected chi connectivity index (χ4v) is 2.12. The fourth-order valence-electron chi connectivity index (χ4n) is 2.12. The molecule has 1 amide bonds. The number of rotatable bonds is 2. The second-order valence-corrected chi connectivity index (χ2v) is 4.17. The Labute approximate surface area is 100 Å². The van der Waals surface area contributed by atoms with E-state index in [0.29, 0.717) is 12.1 Å². The minimum Gasteiger partial charge on any atom is -0.391 e. The van der Waals surface area contributed by atoms with Gasteiger partial charge in [0, 0.05) is 5.69 Å². The Balaban J connectivity index is 2.39. The van der Waals surface area contributed by atoms with Crippen molar-refractivity contribution in [3.05, 3.63) is 29.3 Å². The van der Waals surface area contributed by atoms with Crippen LogP contribution in [-0.4, -0.2) is 23.7 Å². The molecule has 0 bridgehead atoms. The second kappa shape index (κ2) is 4.56. The molecule has 1 aliphatic heterocycles. The topological polar surface area (TPSA) is 64.3 Å². The lowest BCUT2D eigenvalue weighted by Crippen LogP contribution is -2.26. The molecule has 1 aromatic rings. The number of benzene rings is 1. The van der Waals surface area contributed by atoms with Crippen molar-refractivity contribution in [3.63, 3.8) is 0 Å². The highest BCUT2D eigenvalue weighted by atomic mass is 16.3. The summed E-state index contributed by atoms with van der Waals surface area (Å²) in [6.45, 7) is 2.33. The average molecular weight is 230 g/mol. The molecule has 1 unspecified atom stereocenters. The summed E-state index contributed by atoms with van der Waals surface area (Å²) >= 11 is 0. The number of aryl methyl sites for hydroxylation is 1. The first-order chi connectivity index (χ1) is 8.15. The SMILES string of the molecule is CCc1cc(C#N)ccc1N1CC(O)CC1=O. The number of hydrogen-bond donors (Lipinski definition) is 1. The number of β-amino-alcohol motifs (C(OH)–C–C–N with tert-alkyl or cyclic N) is 1. The molecule has 1 N–H and O–H groups in total. The van der Waals surface area contributed by atoms with Crippen molar-refractivity contribution >= 4 is 11.6 Å². The Morgan fingerprint density at radius 3 is 2.88 bits per heavy atom. The second-order valence-electron chi connectivity index (χ2n) is 4.17. The van der Waals surface area contributed by atoms with Crippen molar-refractivity contribution in [1.82, 2.24) is 0 Å². The predicted octanol–water partition coefficient (Wildman–Crippen LogP) is 1.22. The zero-order valence-corrected chi connectivity index (χ0v) is 9.68. The molecule has 1 saturated heterocycles. The Hall–Kier alpha value is -1.86.